The molecule has 10 heteroatoms. The highest BCUT2D eigenvalue weighted by Crippen LogP contribution is 2.33. The summed E-state index contributed by atoms with van der Waals surface area (Å²) in [6.45, 7) is 3.96. The van der Waals surface area contributed by atoms with E-state index in [1.54, 1.807) is 24.3 Å². The van der Waals surface area contributed by atoms with Gasteiger partial charge in [0.25, 0.3) is 0 Å². The molecule has 1 aromatic heterocycles. The summed E-state index contributed by atoms with van der Waals surface area (Å²) in [5, 5.41) is 9.61. The number of sulfone groups is 1. The van der Waals surface area contributed by atoms with Gasteiger partial charge >= 0.3 is 11.8 Å². The van der Waals surface area contributed by atoms with Crippen LogP contribution in [0.2, 0.25) is 0 Å². The molecule has 4 rings (SSSR count). The number of ether oxygens (including phenoxy) is 1. The zero-order chi connectivity index (χ0) is 23.8. The summed E-state index contributed by atoms with van der Waals surface area (Å²) >= 11 is 0. The summed E-state index contributed by atoms with van der Waals surface area (Å²) in [6.07, 6.45) is 0. The van der Waals surface area contributed by atoms with E-state index in [9.17, 15) is 18.0 Å². The Morgan fingerprint density at radius 3 is 2.58 bits per heavy atom. The van der Waals surface area contributed by atoms with E-state index in [2.05, 4.69) is 15.7 Å². The van der Waals surface area contributed by atoms with Crippen LogP contribution in [0.15, 0.2) is 42.5 Å². The van der Waals surface area contributed by atoms with Crippen molar-refractivity contribution < 1.29 is 22.7 Å². The molecule has 0 bridgehead atoms. The highest BCUT2D eigenvalue weighted by Gasteiger charge is 2.34. The summed E-state index contributed by atoms with van der Waals surface area (Å²) in [4.78, 5) is 25.2. The summed E-state index contributed by atoms with van der Waals surface area (Å²) in [6, 6.07) is 12.9. The number of rotatable bonds is 5. The van der Waals surface area contributed by atoms with Gasteiger partial charge in [0.1, 0.15) is 11.6 Å². The Hall–Kier alpha value is -3.66. The number of carbonyl (C=O) groups is 2. The minimum atomic E-state index is -3.35. The fraction of sp³-hybridized carbons (Fsp3) is 0.261. The van der Waals surface area contributed by atoms with Gasteiger partial charge in [0.2, 0.25) is 0 Å². The Morgan fingerprint density at radius 1 is 1.09 bits per heavy atom. The van der Waals surface area contributed by atoms with Crippen molar-refractivity contribution in [1.29, 1.82) is 0 Å². The van der Waals surface area contributed by atoms with Crippen LogP contribution in [-0.2, 0) is 37.5 Å². The number of hydrogen-bond donors (Lipinski definition) is 2. The fourth-order valence-corrected chi connectivity index (χ4v) is 5.35. The number of aryl methyl sites for hydroxylation is 2. The van der Waals surface area contributed by atoms with Crippen molar-refractivity contribution in [3.8, 4) is 11.4 Å². The molecule has 172 valence electrons. The van der Waals surface area contributed by atoms with E-state index in [4.69, 9.17) is 4.74 Å². The van der Waals surface area contributed by atoms with Gasteiger partial charge in [0.05, 0.1) is 30.0 Å². The molecule has 2 amide bonds. The molecule has 0 aliphatic carbocycles. The van der Waals surface area contributed by atoms with Crippen molar-refractivity contribution in [3.05, 3.63) is 70.4 Å². The minimum absolute atomic E-state index is 0.0963. The highest BCUT2D eigenvalue weighted by molar-refractivity contribution is 7.90. The molecule has 0 atom stereocenters. The van der Waals surface area contributed by atoms with Gasteiger partial charge in [-0.3, -0.25) is 9.59 Å². The smallest absolute Gasteiger partial charge is 0.314 e. The van der Waals surface area contributed by atoms with E-state index in [-0.39, 0.29) is 23.9 Å². The average Bonchev–Trinajstić information content (AvgIpc) is 3.24. The van der Waals surface area contributed by atoms with Crippen LogP contribution in [0.5, 0.6) is 5.75 Å². The fourth-order valence-electron chi connectivity index (χ4n) is 3.86. The van der Waals surface area contributed by atoms with Crippen molar-refractivity contribution in [1.82, 2.24) is 15.1 Å². The number of amides is 2. The molecule has 1 aliphatic rings. The maximum Gasteiger partial charge on any atom is 0.314 e. The van der Waals surface area contributed by atoms with Crippen LogP contribution in [0, 0.1) is 13.8 Å². The van der Waals surface area contributed by atoms with Crippen molar-refractivity contribution in [2.75, 3.05) is 12.4 Å². The van der Waals surface area contributed by atoms with E-state index in [0.717, 1.165) is 11.1 Å². The SMILES string of the molecule is COc1ccccc1CNC(=O)C(=O)Nc1c2c(nn1-c1ccc(C)cc1C)CS(=O)(=O)C2. The van der Waals surface area contributed by atoms with Gasteiger partial charge < -0.3 is 15.4 Å². The van der Waals surface area contributed by atoms with Gasteiger partial charge in [-0.1, -0.05) is 35.9 Å². The second kappa shape index (κ2) is 8.70. The lowest BCUT2D eigenvalue weighted by molar-refractivity contribution is -0.136. The number of benzene rings is 2. The first-order chi connectivity index (χ1) is 15.7. The normalized spacial score (nSPS) is 13.9. The Labute approximate surface area is 191 Å². The zero-order valence-corrected chi connectivity index (χ0v) is 19.3. The summed E-state index contributed by atoms with van der Waals surface area (Å²) in [5.74, 6) is -1.44. The zero-order valence-electron chi connectivity index (χ0n) is 18.5. The minimum Gasteiger partial charge on any atom is -0.496 e. The van der Waals surface area contributed by atoms with Gasteiger partial charge in [-0.2, -0.15) is 5.10 Å². The Bertz CT molecular complexity index is 1360. The Kier molecular flexibility index (Phi) is 5.94. The third kappa shape index (κ3) is 4.61. The van der Waals surface area contributed by atoms with Crippen LogP contribution in [0.1, 0.15) is 27.9 Å². The molecule has 0 fully saturated rings. The molecule has 2 N–H and O–H groups in total. The third-order valence-electron chi connectivity index (χ3n) is 5.44. The number of carbonyl (C=O) groups excluding carboxylic acids is 2. The topological polar surface area (TPSA) is 119 Å². The van der Waals surface area contributed by atoms with Crippen LogP contribution in [0.4, 0.5) is 5.82 Å². The first-order valence-corrected chi connectivity index (χ1v) is 12.1. The molecule has 3 aromatic rings. The van der Waals surface area contributed by atoms with Gasteiger partial charge in [-0.05, 0) is 31.5 Å². The number of aromatic nitrogens is 2. The number of hydrogen-bond acceptors (Lipinski definition) is 6. The lowest BCUT2D eigenvalue weighted by atomic mass is 10.1. The second-order valence-electron chi connectivity index (χ2n) is 7.96. The molecule has 0 radical (unpaired) electrons. The molecule has 1 aliphatic heterocycles. The molecular formula is C23H24N4O5S. The molecule has 0 saturated carbocycles. The third-order valence-corrected chi connectivity index (χ3v) is 6.88. The number of nitrogens with zero attached hydrogens (tertiary/aromatic N) is 2. The predicted octanol–water partition coefficient (Wildman–Crippen LogP) is 2.18. The largest absolute Gasteiger partial charge is 0.496 e. The molecule has 9 nitrogen and oxygen atoms in total. The quantitative estimate of drug-likeness (QED) is 0.554. The molecule has 33 heavy (non-hydrogen) atoms. The predicted molar refractivity (Wildman–Crippen MR) is 123 cm³/mol. The highest BCUT2D eigenvalue weighted by atomic mass is 32.2. The monoisotopic (exact) mass is 468 g/mol. The lowest BCUT2D eigenvalue weighted by Crippen LogP contribution is -2.35. The van der Waals surface area contributed by atoms with Gasteiger partial charge in [0, 0.05) is 17.7 Å². The van der Waals surface area contributed by atoms with Crippen LogP contribution >= 0.6 is 0 Å². The Balaban J connectivity index is 1.60. The van der Waals surface area contributed by atoms with Crippen molar-refractivity contribution in [3.63, 3.8) is 0 Å². The van der Waals surface area contributed by atoms with Crippen LogP contribution in [-0.4, -0.2) is 37.1 Å². The number of para-hydroxylation sites is 1. The lowest BCUT2D eigenvalue weighted by Gasteiger charge is -2.14. The summed E-state index contributed by atoms with van der Waals surface area (Å²) in [5.41, 5.74) is 4.14. The van der Waals surface area contributed by atoms with E-state index >= 15 is 0 Å². The molecular weight excluding hydrogens is 444 g/mol. The van der Waals surface area contributed by atoms with Crippen LogP contribution in [0.25, 0.3) is 5.69 Å². The number of methoxy groups -OCH3 is 1. The van der Waals surface area contributed by atoms with E-state index in [0.29, 0.717) is 28.3 Å². The van der Waals surface area contributed by atoms with Crippen molar-refractivity contribution in [2.24, 2.45) is 0 Å². The van der Waals surface area contributed by atoms with Crippen LogP contribution in [0.3, 0.4) is 0 Å². The standard InChI is InChI=1S/C23H24N4O5S/c1-14-8-9-19(15(2)10-14)27-21(17-12-33(30,31)13-18(17)26-27)25-23(29)22(28)24-11-16-6-4-5-7-20(16)32-3/h4-10H,11-13H2,1-3H3,(H,24,28)(H,25,29). The Morgan fingerprint density at radius 2 is 1.85 bits per heavy atom. The van der Waals surface area contributed by atoms with Gasteiger partial charge in [-0.25, -0.2) is 13.1 Å². The van der Waals surface area contributed by atoms with Crippen LogP contribution < -0.4 is 15.4 Å². The van der Waals surface area contributed by atoms with Gasteiger partial charge in [0.15, 0.2) is 9.84 Å². The second-order valence-corrected chi connectivity index (χ2v) is 10.0. The number of fused-ring (bicyclic) bond motifs is 1. The molecule has 0 unspecified atom stereocenters. The van der Waals surface area contributed by atoms with Gasteiger partial charge in [-0.15, -0.1) is 0 Å². The van der Waals surface area contributed by atoms with Crippen molar-refractivity contribution >= 4 is 27.5 Å². The van der Waals surface area contributed by atoms with E-state index in [1.807, 2.05) is 32.0 Å². The summed E-state index contributed by atoms with van der Waals surface area (Å²) < 4.78 is 31.0. The van der Waals surface area contributed by atoms with Crippen molar-refractivity contribution in [2.45, 2.75) is 31.9 Å². The molecule has 0 spiro atoms. The first-order valence-electron chi connectivity index (χ1n) is 10.3. The maximum atomic E-state index is 12.7. The molecule has 2 aromatic carbocycles. The molecule has 0 saturated heterocycles. The number of anilines is 1. The van der Waals surface area contributed by atoms with E-state index < -0.39 is 21.7 Å². The van der Waals surface area contributed by atoms with E-state index in [1.165, 1.54) is 11.8 Å². The maximum absolute atomic E-state index is 12.7. The number of nitrogens with one attached hydrogen (secondary N) is 2. The average molecular weight is 469 g/mol. The summed E-state index contributed by atoms with van der Waals surface area (Å²) in [7, 11) is -1.83. The molecule has 2 heterocycles. The first kappa shape index (κ1) is 22.5.